The van der Waals surface area contributed by atoms with E-state index in [0.717, 1.165) is 18.0 Å². The molecule has 0 bridgehead atoms. The van der Waals surface area contributed by atoms with Crippen molar-refractivity contribution in [1.29, 1.82) is 0 Å². The molecule has 0 saturated carbocycles. The highest BCUT2D eigenvalue weighted by Gasteiger charge is 2.15. The summed E-state index contributed by atoms with van der Waals surface area (Å²) in [5, 5.41) is 3.41. The number of nitrogens with zero attached hydrogens (tertiary/aromatic N) is 1. The SMILES string of the molecule is Cc1ccc(OC(CNC(C)C)C(C)C)cn1. The molecule has 0 radical (unpaired) electrons. The third kappa shape index (κ3) is 5.18. The first-order valence-electron chi connectivity index (χ1n) is 6.31. The van der Waals surface area contributed by atoms with Gasteiger partial charge >= 0.3 is 0 Å². The van der Waals surface area contributed by atoms with Crippen molar-refractivity contribution in [3.8, 4) is 5.75 Å². The highest BCUT2D eigenvalue weighted by Crippen LogP contribution is 2.14. The van der Waals surface area contributed by atoms with Gasteiger partial charge in [-0.2, -0.15) is 0 Å². The van der Waals surface area contributed by atoms with E-state index in [2.05, 4.69) is 38.0 Å². The molecule has 1 rings (SSSR count). The molecule has 1 heterocycles. The Hall–Kier alpha value is -1.09. The van der Waals surface area contributed by atoms with Crippen LogP contribution in [-0.4, -0.2) is 23.7 Å². The predicted molar refractivity (Wildman–Crippen MR) is 71.4 cm³/mol. The minimum absolute atomic E-state index is 0.182. The molecule has 0 saturated heterocycles. The number of nitrogens with one attached hydrogen (secondary N) is 1. The normalized spacial score (nSPS) is 13.1. The summed E-state index contributed by atoms with van der Waals surface area (Å²) in [5.41, 5.74) is 1.01. The second-order valence-electron chi connectivity index (χ2n) is 5.10. The molecule has 3 heteroatoms. The maximum absolute atomic E-state index is 5.96. The van der Waals surface area contributed by atoms with Crippen LogP contribution in [0.2, 0.25) is 0 Å². The molecular formula is C14H24N2O. The molecule has 0 aliphatic carbocycles. The summed E-state index contributed by atoms with van der Waals surface area (Å²) in [6.45, 7) is 11.5. The summed E-state index contributed by atoms with van der Waals surface area (Å²) in [4.78, 5) is 4.24. The molecule has 0 spiro atoms. The molecule has 96 valence electrons. The van der Waals surface area contributed by atoms with Gasteiger partial charge in [0.2, 0.25) is 0 Å². The highest BCUT2D eigenvalue weighted by molar-refractivity contribution is 5.19. The van der Waals surface area contributed by atoms with Gasteiger partial charge in [-0.3, -0.25) is 4.98 Å². The maximum atomic E-state index is 5.96. The summed E-state index contributed by atoms with van der Waals surface area (Å²) < 4.78 is 5.96. The molecule has 0 aliphatic heterocycles. The van der Waals surface area contributed by atoms with Gasteiger partial charge < -0.3 is 10.1 Å². The lowest BCUT2D eigenvalue weighted by Crippen LogP contribution is -2.38. The van der Waals surface area contributed by atoms with Crippen LogP contribution in [-0.2, 0) is 0 Å². The standard InChI is InChI=1S/C14H24N2O/c1-10(2)14(9-15-11(3)4)17-13-7-6-12(5)16-8-13/h6-8,10-11,14-15H,9H2,1-5H3. The molecule has 1 atom stereocenters. The van der Waals surface area contributed by atoms with Gasteiger partial charge in [-0.05, 0) is 25.0 Å². The van der Waals surface area contributed by atoms with Crippen LogP contribution in [0, 0.1) is 12.8 Å². The molecule has 0 aliphatic rings. The summed E-state index contributed by atoms with van der Waals surface area (Å²) in [5.74, 6) is 1.32. The van der Waals surface area contributed by atoms with E-state index in [0.29, 0.717) is 12.0 Å². The van der Waals surface area contributed by atoms with E-state index in [1.807, 2.05) is 19.1 Å². The molecule has 1 N–H and O–H groups in total. The number of hydrogen-bond acceptors (Lipinski definition) is 3. The lowest BCUT2D eigenvalue weighted by atomic mass is 10.1. The van der Waals surface area contributed by atoms with E-state index < -0.39 is 0 Å². The van der Waals surface area contributed by atoms with Crippen molar-refractivity contribution in [2.75, 3.05) is 6.54 Å². The number of aromatic nitrogens is 1. The van der Waals surface area contributed by atoms with E-state index in [9.17, 15) is 0 Å². The van der Waals surface area contributed by atoms with Crippen LogP contribution in [0.4, 0.5) is 0 Å². The van der Waals surface area contributed by atoms with Crippen molar-refractivity contribution in [3.05, 3.63) is 24.0 Å². The Bertz CT molecular complexity index is 319. The Morgan fingerprint density at radius 3 is 2.41 bits per heavy atom. The molecular weight excluding hydrogens is 212 g/mol. The number of rotatable bonds is 6. The quantitative estimate of drug-likeness (QED) is 0.824. The fraction of sp³-hybridized carbons (Fsp3) is 0.643. The zero-order chi connectivity index (χ0) is 12.8. The van der Waals surface area contributed by atoms with E-state index in [1.54, 1.807) is 6.20 Å². The molecule has 0 aromatic carbocycles. The van der Waals surface area contributed by atoms with Crippen LogP contribution in [0.1, 0.15) is 33.4 Å². The highest BCUT2D eigenvalue weighted by atomic mass is 16.5. The molecule has 1 aromatic heterocycles. The van der Waals surface area contributed by atoms with Crippen LogP contribution < -0.4 is 10.1 Å². The maximum Gasteiger partial charge on any atom is 0.138 e. The minimum Gasteiger partial charge on any atom is -0.487 e. The predicted octanol–water partition coefficient (Wildman–Crippen LogP) is 2.79. The third-order valence-corrected chi connectivity index (χ3v) is 2.64. The number of hydrogen-bond donors (Lipinski definition) is 1. The topological polar surface area (TPSA) is 34.1 Å². The molecule has 3 nitrogen and oxygen atoms in total. The number of pyridine rings is 1. The molecule has 1 aromatic rings. The Morgan fingerprint density at radius 1 is 1.24 bits per heavy atom. The Morgan fingerprint density at radius 2 is 1.94 bits per heavy atom. The molecule has 17 heavy (non-hydrogen) atoms. The monoisotopic (exact) mass is 236 g/mol. The van der Waals surface area contributed by atoms with Crippen LogP contribution in [0.15, 0.2) is 18.3 Å². The van der Waals surface area contributed by atoms with E-state index in [4.69, 9.17) is 4.74 Å². The first-order chi connectivity index (χ1) is 7.99. The van der Waals surface area contributed by atoms with Gasteiger partial charge in [-0.1, -0.05) is 27.7 Å². The summed E-state index contributed by atoms with van der Waals surface area (Å²) in [7, 11) is 0. The van der Waals surface area contributed by atoms with Crippen molar-refractivity contribution < 1.29 is 4.74 Å². The fourth-order valence-electron chi connectivity index (χ4n) is 1.46. The van der Waals surface area contributed by atoms with Gasteiger partial charge in [0, 0.05) is 18.3 Å². The average Bonchev–Trinajstić information content (AvgIpc) is 2.26. The van der Waals surface area contributed by atoms with Gasteiger partial charge in [-0.25, -0.2) is 0 Å². The van der Waals surface area contributed by atoms with Crippen molar-refractivity contribution in [1.82, 2.24) is 10.3 Å². The zero-order valence-corrected chi connectivity index (χ0v) is 11.5. The summed E-state index contributed by atoms with van der Waals surface area (Å²) >= 11 is 0. The summed E-state index contributed by atoms with van der Waals surface area (Å²) in [6, 6.07) is 4.44. The molecule has 1 unspecified atom stereocenters. The Kier molecular flexibility index (Phi) is 5.42. The smallest absolute Gasteiger partial charge is 0.138 e. The Balaban J connectivity index is 2.57. The van der Waals surface area contributed by atoms with Gasteiger partial charge in [0.1, 0.15) is 11.9 Å². The first kappa shape index (κ1) is 14.0. The summed E-state index contributed by atoms with van der Waals surface area (Å²) in [6.07, 6.45) is 1.97. The molecule has 0 amide bonds. The van der Waals surface area contributed by atoms with Crippen LogP contribution >= 0.6 is 0 Å². The van der Waals surface area contributed by atoms with Crippen molar-refractivity contribution in [2.45, 2.75) is 46.8 Å². The van der Waals surface area contributed by atoms with E-state index >= 15 is 0 Å². The Labute approximate surface area is 105 Å². The van der Waals surface area contributed by atoms with Crippen molar-refractivity contribution in [3.63, 3.8) is 0 Å². The first-order valence-corrected chi connectivity index (χ1v) is 6.31. The van der Waals surface area contributed by atoms with Gasteiger partial charge in [0.25, 0.3) is 0 Å². The van der Waals surface area contributed by atoms with Crippen LogP contribution in [0.25, 0.3) is 0 Å². The second kappa shape index (κ2) is 6.60. The van der Waals surface area contributed by atoms with Crippen LogP contribution in [0.3, 0.4) is 0 Å². The third-order valence-electron chi connectivity index (χ3n) is 2.64. The zero-order valence-electron chi connectivity index (χ0n) is 11.5. The largest absolute Gasteiger partial charge is 0.487 e. The number of aryl methyl sites for hydroxylation is 1. The number of ether oxygens (including phenoxy) is 1. The van der Waals surface area contributed by atoms with Gasteiger partial charge in [-0.15, -0.1) is 0 Å². The minimum atomic E-state index is 0.182. The van der Waals surface area contributed by atoms with Crippen molar-refractivity contribution in [2.24, 2.45) is 5.92 Å². The van der Waals surface area contributed by atoms with E-state index in [1.165, 1.54) is 0 Å². The van der Waals surface area contributed by atoms with E-state index in [-0.39, 0.29) is 6.10 Å². The average molecular weight is 236 g/mol. The van der Waals surface area contributed by atoms with Gasteiger partial charge in [0.05, 0.1) is 6.20 Å². The van der Waals surface area contributed by atoms with Gasteiger partial charge in [0.15, 0.2) is 0 Å². The second-order valence-corrected chi connectivity index (χ2v) is 5.10. The lowest BCUT2D eigenvalue weighted by molar-refractivity contribution is 0.146. The molecule has 0 fully saturated rings. The van der Waals surface area contributed by atoms with Crippen molar-refractivity contribution >= 4 is 0 Å². The fourth-order valence-corrected chi connectivity index (χ4v) is 1.46. The van der Waals surface area contributed by atoms with Crippen LogP contribution in [0.5, 0.6) is 5.75 Å². The lowest BCUT2D eigenvalue weighted by Gasteiger charge is -2.24.